The Morgan fingerprint density at radius 2 is 1.71 bits per heavy atom. The number of benzene rings is 2. The van der Waals surface area contributed by atoms with Gasteiger partial charge in [-0.1, -0.05) is 41.9 Å². The van der Waals surface area contributed by atoms with Crippen molar-refractivity contribution in [2.45, 2.75) is 11.3 Å². The molecule has 0 atom stereocenters. The lowest BCUT2D eigenvalue weighted by molar-refractivity contribution is -0.136. The van der Waals surface area contributed by atoms with Crippen LogP contribution in [0.3, 0.4) is 0 Å². The molecule has 0 aromatic heterocycles. The molecular weight excluding hydrogens is 314 g/mol. The topological polar surface area (TPSA) is 83.5 Å². The SMILES string of the molecule is O=C(O)Cc1ccccc1S(=O)(=O)Nc1ccccc1Cl. The van der Waals surface area contributed by atoms with Crippen LogP contribution in [0.4, 0.5) is 5.69 Å². The van der Waals surface area contributed by atoms with Gasteiger partial charge in [-0.05, 0) is 23.8 Å². The van der Waals surface area contributed by atoms with Gasteiger partial charge in [0, 0.05) is 0 Å². The average molecular weight is 326 g/mol. The van der Waals surface area contributed by atoms with Gasteiger partial charge in [0.25, 0.3) is 10.0 Å². The second-order valence-corrected chi connectivity index (χ2v) is 6.32. The predicted octanol–water partition coefficient (Wildman–Crippen LogP) is 2.77. The lowest BCUT2D eigenvalue weighted by Gasteiger charge is -2.12. The van der Waals surface area contributed by atoms with E-state index in [0.717, 1.165) is 0 Å². The summed E-state index contributed by atoms with van der Waals surface area (Å²) in [6.07, 6.45) is -0.375. The maximum absolute atomic E-state index is 12.4. The number of sulfonamides is 1. The van der Waals surface area contributed by atoms with Crippen molar-refractivity contribution in [2.24, 2.45) is 0 Å². The van der Waals surface area contributed by atoms with E-state index in [0.29, 0.717) is 0 Å². The van der Waals surface area contributed by atoms with Gasteiger partial charge in [0.05, 0.1) is 22.0 Å². The van der Waals surface area contributed by atoms with Gasteiger partial charge < -0.3 is 5.11 Å². The summed E-state index contributed by atoms with van der Waals surface area (Å²) in [6.45, 7) is 0. The predicted molar refractivity (Wildman–Crippen MR) is 80.0 cm³/mol. The van der Waals surface area contributed by atoms with Gasteiger partial charge in [-0.2, -0.15) is 0 Å². The normalized spacial score (nSPS) is 11.1. The molecule has 0 saturated heterocycles. The summed E-state index contributed by atoms with van der Waals surface area (Å²) in [7, 11) is -3.91. The molecule has 0 bridgehead atoms. The standard InChI is InChI=1S/C14H12ClNO4S/c15-11-6-2-3-7-12(11)16-21(19,20)13-8-4-1-5-10(13)9-14(17)18/h1-8,16H,9H2,(H,17,18). The third kappa shape index (κ3) is 3.74. The highest BCUT2D eigenvalue weighted by Crippen LogP contribution is 2.25. The summed E-state index contributed by atoms with van der Waals surface area (Å²) in [5.74, 6) is -1.10. The van der Waals surface area contributed by atoms with Gasteiger partial charge in [0.1, 0.15) is 0 Å². The Kier molecular flexibility index (Phi) is 4.50. The van der Waals surface area contributed by atoms with Crippen LogP contribution >= 0.6 is 11.6 Å². The number of carboxylic acids is 1. The highest BCUT2D eigenvalue weighted by Gasteiger charge is 2.20. The molecule has 0 aliphatic carbocycles. The van der Waals surface area contributed by atoms with E-state index in [2.05, 4.69) is 4.72 Å². The maximum atomic E-state index is 12.4. The fourth-order valence-electron chi connectivity index (χ4n) is 1.82. The summed E-state index contributed by atoms with van der Waals surface area (Å²) >= 11 is 5.92. The molecular formula is C14H12ClNO4S. The third-order valence-corrected chi connectivity index (χ3v) is 4.52. The van der Waals surface area contributed by atoms with Gasteiger partial charge in [0.2, 0.25) is 0 Å². The largest absolute Gasteiger partial charge is 0.481 e. The van der Waals surface area contributed by atoms with E-state index in [1.54, 1.807) is 24.3 Å². The Balaban J connectivity index is 2.41. The van der Waals surface area contributed by atoms with E-state index in [1.165, 1.54) is 24.3 Å². The molecule has 0 amide bonds. The Morgan fingerprint density at radius 1 is 1.10 bits per heavy atom. The molecule has 0 spiro atoms. The Morgan fingerprint density at radius 3 is 2.38 bits per heavy atom. The molecule has 0 radical (unpaired) electrons. The van der Waals surface area contributed by atoms with Crippen molar-refractivity contribution in [1.29, 1.82) is 0 Å². The van der Waals surface area contributed by atoms with Gasteiger partial charge in [-0.3, -0.25) is 9.52 Å². The fraction of sp³-hybridized carbons (Fsp3) is 0.0714. The van der Waals surface area contributed by atoms with Crippen LogP contribution in [0.2, 0.25) is 5.02 Å². The van der Waals surface area contributed by atoms with Crippen LogP contribution in [-0.2, 0) is 21.2 Å². The first kappa shape index (κ1) is 15.3. The summed E-state index contributed by atoms with van der Waals surface area (Å²) in [5, 5.41) is 9.12. The summed E-state index contributed by atoms with van der Waals surface area (Å²) in [4.78, 5) is 10.7. The second-order valence-electron chi connectivity index (χ2n) is 4.26. The number of anilines is 1. The van der Waals surface area contributed by atoms with Crippen LogP contribution in [0.1, 0.15) is 5.56 Å². The molecule has 2 aromatic carbocycles. The van der Waals surface area contributed by atoms with E-state index >= 15 is 0 Å². The second kappa shape index (κ2) is 6.15. The third-order valence-electron chi connectivity index (χ3n) is 2.72. The Labute approximate surface area is 127 Å². The minimum absolute atomic E-state index is 0.0766. The van der Waals surface area contributed by atoms with E-state index in [9.17, 15) is 13.2 Å². The van der Waals surface area contributed by atoms with Crippen LogP contribution in [0, 0.1) is 0 Å². The number of hydrogen-bond acceptors (Lipinski definition) is 3. The molecule has 7 heteroatoms. The first-order valence-corrected chi connectivity index (χ1v) is 7.83. The molecule has 2 rings (SSSR count). The van der Waals surface area contributed by atoms with E-state index in [1.807, 2.05) is 0 Å². The number of nitrogens with one attached hydrogen (secondary N) is 1. The Bertz CT molecular complexity index is 774. The van der Waals surface area contributed by atoms with Crippen molar-refractivity contribution in [3.63, 3.8) is 0 Å². The van der Waals surface area contributed by atoms with Crippen molar-refractivity contribution in [1.82, 2.24) is 0 Å². The van der Waals surface area contributed by atoms with Crippen molar-refractivity contribution in [3.05, 3.63) is 59.1 Å². The number of rotatable bonds is 5. The number of halogens is 1. The first-order valence-electron chi connectivity index (χ1n) is 5.97. The molecule has 0 fully saturated rings. The van der Waals surface area contributed by atoms with Gasteiger partial charge in [-0.15, -0.1) is 0 Å². The van der Waals surface area contributed by atoms with Crippen LogP contribution in [-0.4, -0.2) is 19.5 Å². The maximum Gasteiger partial charge on any atom is 0.307 e. The first-order chi connectivity index (χ1) is 9.90. The van der Waals surface area contributed by atoms with Crippen LogP contribution in [0.5, 0.6) is 0 Å². The molecule has 0 aliphatic heterocycles. The smallest absolute Gasteiger partial charge is 0.307 e. The van der Waals surface area contributed by atoms with Gasteiger partial charge in [0.15, 0.2) is 0 Å². The number of carbonyl (C=O) groups is 1. The quantitative estimate of drug-likeness (QED) is 0.885. The number of aliphatic carboxylic acids is 1. The molecule has 0 heterocycles. The molecule has 2 N–H and O–H groups in total. The van der Waals surface area contributed by atoms with Crippen molar-refractivity contribution in [3.8, 4) is 0 Å². The molecule has 5 nitrogen and oxygen atoms in total. The Hall–Kier alpha value is -2.05. The van der Waals surface area contributed by atoms with Crippen molar-refractivity contribution >= 4 is 33.3 Å². The van der Waals surface area contributed by atoms with Crippen LogP contribution in [0.25, 0.3) is 0 Å². The highest BCUT2D eigenvalue weighted by atomic mass is 35.5. The minimum Gasteiger partial charge on any atom is -0.481 e. The minimum atomic E-state index is -3.91. The molecule has 110 valence electrons. The zero-order chi connectivity index (χ0) is 15.5. The summed E-state index contributed by atoms with van der Waals surface area (Å²) in [5.41, 5.74) is 0.453. The fourth-order valence-corrected chi connectivity index (χ4v) is 3.38. The molecule has 0 saturated carbocycles. The van der Waals surface area contributed by atoms with Gasteiger partial charge in [-0.25, -0.2) is 8.42 Å². The van der Waals surface area contributed by atoms with E-state index in [-0.39, 0.29) is 27.6 Å². The lowest BCUT2D eigenvalue weighted by Crippen LogP contribution is -2.16. The average Bonchev–Trinajstić information content (AvgIpc) is 2.41. The zero-order valence-electron chi connectivity index (χ0n) is 10.8. The zero-order valence-corrected chi connectivity index (χ0v) is 12.4. The monoisotopic (exact) mass is 325 g/mol. The molecule has 0 unspecified atom stereocenters. The number of carboxylic acid groups (broad SMARTS) is 1. The van der Waals surface area contributed by atoms with Crippen LogP contribution in [0.15, 0.2) is 53.4 Å². The number of para-hydroxylation sites is 1. The van der Waals surface area contributed by atoms with Crippen LogP contribution < -0.4 is 4.72 Å². The summed E-state index contributed by atoms with van der Waals surface area (Å²) in [6, 6.07) is 12.4. The van der Waals surface area contributed by atoms with Crippen molar-refractivity contribution in [2.75, 3.05) is 4.72 Å². The molecule has 2 aromatic rings. The highest BCUT2D eigenvalue weighted by molar-refractivity contribution is 7.92. The number of hydrogen-bond donors (Lipinski definition) is 2. The van der Waals surface area contributed by atoms with Crippen molar-refractivity contribution < 1.29 is 18.3 Å². The van der Waals surface area contributed by atoms with Gasteiger partial charge >= 0.3 is 5.97 Å². The molecule has 21 heavy (non-hydrogen) atoms. The summed E-state index contributed by atoms with van der Waals surface area (Å²) < 4.78 is 27.2. The van der Waals surface area contributed by atoms with E-state index in [4.69, 9.17) is 16.7 Å². The molecule has 0 aliphatic rings. The van der Waals surface area contributed by atoms with E-state index < -0.39 is 16.0 Å². The lowest BCUT2D eigenvalue weighted by atomic mass is 10.1.